The molecule has 0 spiro atoms. The van der Waals surface area contributed by atoms with Crippen LogP contribution in [0.4, 0.5) is 19.0 Å². The van der Waals surface area contributed by atoms with E-state index >= 15 is 0 Å². The summed E-state index contributed by atoms with van der Waals surface area (Å²) in [6, 6.07) is 7.02. The molecule has 2 aromatic heterocycles. The Hall–Kier alpha value is -2.59. The average molecular weight is 417 g/mol. The van der Waals surface area contributed by atoms with Crippen LogP contribution >= 0.6 is 11.6 Å². The van der Waals surface area contributed by atoms with E-state index in [4.69, 9.17) is 11.6 Å². The Labute approximate surface area is 157 Å². The maximum atomic E-state index is 12.8. The molecule has 0 radical (unpaired) electrons. The van der Waals surface area contributed by atoms with E-state index in [1.807, 2.05) is 0 Å². The first-order chi connectivity index (χ1) is 12.6. The zero-order valence-corrected chi connectivity index (χ0v) is 15.1. The van der Waals surface area contributed by atoms with Crippen molar-refractivity contribution in [2.24, 2.45) is 0 Å². The summed E-state index contributed by atoms with van der Waals surface area (Å²) in [5, 5.41) is 3.73. The molecule has 2 heterocycles. The van der Waals surface area contributed by atoms with Gasteiger partial charge in [0.1, 0.15) is 4.90 Å². The quantitative estimate of drug-likeness (QED) is 0.686. The summed E-state index contributed by atoms with van der Waals surface area (Å²) >= 11 is 5.79. The molecule has 0 saturated carbocycles. The van der Waals surface area contributed by atoms with Crippen LogP contribution in [0.3, 0.4) is 0 Å². The van der Waals surface area contributed by atoms with Crippen molar-refractivity contribution in [2.75, 3.05) is 4.72 Å². The second kappa shape index (κ2) is 7.20. The Morgan fingerprint density at radius 2 is 1.81 bits per heavy atom. The zero-order valence-electron chi connectivity index (χ0n) is 13.5. The minimum absolute atomic E-state index is 0.0439. The van der Waals surface area contributed by atoms with Crippen molar-refractivity contribution in [2.45, 2.75) is 17.6 Å². The lowest BCUT2D eigenvalue weighted by molar-refractivity contribution is -0.137. The number of halogens is 4. The van der Waals surface area contributed by atoms with Crippen molar-refractivity contribution in [3.63, 3.8) is 0 Å². The molecule has 1 N–H and O–H groups in total. The predicted molar refractivity (Wildman–Crippen MR) is 92.8 cm³/mol. The number of hydrogen-bond acceptors (Lipinski definition) is 4. The summed E-state index contributed by atoms with van der Waals surface area (Å²) in [4.78, 5) is 3.21. The summed E-state index contributed by atoms with van der Waals surface area (Å²) in [7, 11) is -4.35. The zero-order chi connectivity index (χ0) is 19.7. The third kappa shape index (κ3) is 4.58. The smallest absolute Gasteiger partial charge is 0.266 e. The molecule has 0 unspecified atom stereocenters. The summed E-state index contributed by atoms with van der Waals surface area (Å²) < 4.78 is 67.0. The van der Waals surface area contributed by atoms with E-state index in [0.717, 1.165) is 11.6 Å². The van der Waals surface area contributed by atoms with Crippen LogP contribution in [0.15, 0.2) is 59.9 Å². The van der Waals surface area contributed by atoms with Crippen LogP contribution in [0.1, 0.15) is 11.1 Å². The molecule has 0 fully saturated rings. The summed E-state index contributed by atoms with van der Waals surface area (Å²) in [5.74, 6) is -0.0439. The molecular weight excluding hydrogens is 405 g/mol. The molecule has 0 saturated heterocycles. The number of pyridine rings is 1. The number of anilines is 1. The van der Waals surface area contributed by atoms with Crippen LogP contribution in [-0.4, -0.2) is 23.2 Å². The minimum atomic E-state index is -4.69. The fraction of sp³-hybridized carbons (Fsp3) is 0.125. The minimum Gasteiger partial charge on any atom is -0.266 e. The van der Waals surface area contributed by atoms with E-state index in [0.29, 0.717) is 18.7 Å². The second-order valence-corrected chi connectivity index (χ2v) is 7.56. The van der Waals surface area contributed by atoms with Gasteiger partial charge in [-0.2, -0.15) is 18.3 Å². The highest BCUT2D eigenvalue weighted by Gasteiger charge is 2.32. The molecule has 142 valence electrons. The molecule has 0 aliphatic carbocycles. The third-order valence-electron chi connectivity index (χ3n) is 3.52. The average Bonchev–Trinajstić information content (AvgIpc) is 3.01. The molecule has 0 amide bonds. The van der Waals surface area contributed by atoms with Gasteiger partial charge in [-0.25, -0.2) is 8.42 Å². The summed E-state index contributed by atoms with van der Waals surface area (Å²) in [6.07, 6.45) is 0.0587. The number of sulfonamides is 1. The number of rotatable bonds is 5. The van der Waals surface area contributed by atoms with Crippen molar-refractivity contribution in [1.82, 2.24) is 14.8 Å². The van der Waals surface area contributed by atoms with Crippen molar-refractivity contribution in [3.05, 3.63) is 71.1 Å². The molecule has 6 nitrogen and oxygen atoms in total. The van der Waals surface area contributed by atoms with Crippen molar-refractivity contribution < 1.29 is 21.6 Å². The van der Waals surface area contributed by atoms with Gasteiger partial charge >= 0.3 is 6.18 Å². The van der Waals surface area contributed by atoms with E-state index < -0.39 is 26.7 Å². The lowest BCUT2D eigenvalue weighted by Crippen LogP contribution is -2.16. The van der Waals surface area contributed by atoms with E-state index in [-0.39, 0.29) is 10.8 Å². The lowest BCUT2D eigenvalue weighted by Gasteiger charge is -2.11. The number of hydrogen-bond donors (Lipinski definition) is 1. The molecule has 27 heavy (non-hydrogen) atoms. The first-order valence-corrected chi connectivity index (χ1v) is 9.33. The summed E-state index contributed by atoms with van der Waals surface area (Å²) in [6.45, 7) is 0.370. The first-order valence-electron chi connectivity index (χ1n) is 7.47. The Morgan fingerprint density at radius 1 is 1.11 bits per heavy atom. The SMILES string of the molecule is O=S(=O)(Nc1ccn(Cc2ccncc2)n1)c1cc(C(F)(F)F)ccc1Cl. The third-order valence-corrected chi connectivity index (χ3v) is 5.36. The second-order valence-electron chi connectivity index (χ2n) is 5.50. The molecule has 0 atom stereocenters. The van der Waals surface area contributed by atoms with Gasteiger partial charge in [0.05, 0.1) is 17.1 Å². The fourth-order valence-corrected chi connectivity index (χ4v) is 3.78. The van der Waals surface area contributed by atoms with Gasteiger partial charge in [0.25, 0.3) is 10.0 Å². The number of nitrogens with zero attached hydrogens (tertiary/aromatic N) is 3. The van der Waals surface area contributed by atoms with Crippen LogP contribution in [-0.2, 0) is 22.7 Å². The van der Waals surface area contributed by atoms with E-state index in [1.165, 1.54) is 16.9 Å². The number of alkyl halides is 3. The topological polar surface area (TPSA) is 76.9 Å². The van der Waals surface area contributed by atoms with Gasteiger partial charge in [-0.15, -0.1) is 0 Å². The van der Waals surface area contributed by atoms with Gasteiger partial charge in [-0.3, -0.25) is 14.4 Å². The Kier molecular flexibility index (Phi) is 5.11. The summed E-state index contributed by atoms with van der Waals surface area (Å²) in [5.41, 5.74) is -0.223. The highest BCUT2D eigenvalue weighted by atomic mass is 35.5. The van der Waals surface area contributed by atoms with Gasteiger partial charge in [0, 0.05) is 24.7 Å². The molecule has 3 aromatic rings. The van der Waals surface area contributed by atoms with E-state index in [2.05, 4.69) is 14.8 Å². The molecule has 3 rings (SSSR count). The van der Waals surface area contributed by atoms with Crippen LogP contribution in [0, 0.1) is 0 Å². The van der Waals surface area contributed by atoms with Gasteiger partial charge in [0.15, 0.2) is 5.82 Å². The Bertz CT molecular complexity index is 1050. The number of benzene rings is 1. The highest BCUT2D eigenvalue weighted by Crippen LogP contribution is 2.33. The Morgan fingerprint density at radius 3 is 2.48 bits per heavy atom. The number of aromatic nitrogens is 3. The largest absolute Gasteiger partial charge is 0.416 e. The predicted octanol–water partition coefficient (Wildman–Crippen LogP) is 3.80. The highest BCUT2D eigenvalue weighted by molar-refractivity contribution is 7.92. The lowest BCUT2D eigenvalue weighted by atomic mass is 10.2. The molecule has 0 bridgehead atoms. The number of nitrogens with one attached hydrogen (secondary N) is 1. The molecule has 1 aromatic carbocycles. The van der Waals surface area contributed by atoms with Crippen LogP contribution in [0.25, 0.3) is 0 Å². The van der Waals surface area contributed by atoms with E-state index in [9.17, 15) is 21.6 Å². The maximum Gasteiger partial charge on any atom is 0.416 e. The fourth-order valence-electron chi connectivity index (χ4n) is 2.26. The van der Waals surface area contributed by atoms with Crippen LogP contribution in [0.2, 0.25) is 5.02 Å². The normalized spacial score (nSPS) is 12.1. The molecule has 0 aliphatic heterocycles. The molecule has 11 heteroatoms. The molecular formula is C16H12ClF3N4O2S. The first kappa shape index (κ1) is 19.2. The van der Waals surface area contributed by atoms with Crippen molar-refractivity contribution in [1.29, 1.82) is 0 Å². The van der Waals surface area contributed by atoms with Gasteiger partial charge < -0.3 is 0 Å². The standard InChI is InChI=1S/C16H12ClF3N4O2S/c17-13-2-1-12(16(18,19)20)9-14(13)27(25,26)23-15-5-8-24(22-15)10-11-3-6-21-7-4-11/h1-9H,10H2,(H,22,23). The van der Waals surface area contributed by atoms with Crippen LogP contribution in [0.5, 0.6) is 0 Å². The van der Waals surface area contributed by atoms with Gasteiger partial charge in [0.2, 0.25) is 0 Å². The van der Waals surface area contributed by atoms with Crippen molar-refractivity contribution in [3.8, 4) is 0 Å². The van der Waals surface area contributed by atoms with Gasteiger partial charge in [-0.05, 0) is 35.9 Å². The van der Waals surface area contributed by atoms with Gasteiger partial charge in [-0.1, -0.05) is 11.6 Å². The van der Waals surface area contributed by atoms with Crippen LogP contribution < -0.4 is 4.72 Å². The maximum absolute atomic E-state index is 12.8. The monoisotopic (exact) mass is 416 g/mol. The molecule has 0 aliphatic rings. The van der Waals surface area contributed by atoms with Crippen molar-refractivity contribution >= 4 is 27.4 Å². The van der Waals surface area contributed by atoms with E-state index in [1.54, 1.807) is 24.5 Å². The Balaban J connectivity index is 1.83.